The zero-order valence-electron chi connectivity index (χ0n) is 15.1. The van der Waals surface area contributed by atoms with E-state index in [1.54, 1.807) is 12.1 Å². The number of aryl methyl sites for hydroxylation is 1. The fraction of sp³-hybridized carbons (Fsp3) is 0.500. The Bertz CT molecular complexity index is 671. The molecule has 0 aromatic heterocycles. The lowest BCUT2D eigenvalue weighted by molar-refractivity contribution is -0.259. The summed E-state index contributed by atoms with van der Waals surface area (Å²) >= 11 is 0. The van der Waals surface area contributed by atoms with Gasteiger partial charge in [-0.2, -0.15) is 0 Å². The zero-order valence-corrected chi connectivity index (χ0v) is 15.1. The van der Waals surface area contributed by atoms with Gasteiger partial charge in [-0.25, -0.2) is 0 Å². The molecule has 0 N–H and O–H groups in total. The molecule has 0 aliphatic carbocycles. The van der Waals surface area contributed by atoms with Crippen molar-refractivity contribution in [3.8, 4) is 5.75 Å². The summed E-state index contributed by atoms with van der Waals surface area (Å²) in [6.07, 6.45) is -4.11. The van der Waals surface area contributed by atoms with Gasteiger partial charge < -0.3 is 23.7 Å². The summed E-state index contributed by atoms with van der Waals surface area (Å²) in [5.41, 5.74) is 0.851. The summed E-state index contributed by atoms with van der Waals surface area (Å²) in [5.74, 6) is -1.27. The predicted molar refractivity (Wildman–Crippen MR) is 88.2 cm³/mol. The molecule has 0 spiro atoms. The molecule has 1 heterocycles. The quantitative estimate of drug-likeness (QED) is 0.572. The van der Waals surface area contributed by atoms with E-state index < -0.39 is 42.5 Å². The maximum atomic E-state index is 11.6. The number of esters is 3. The Morgan fingerprint density at radius 3 is 2.08 bits per heavy atom. The Balaban J connectivity index is 2.29. The molecule has 0 radical (unpaired) electrons. The first kappa shape index (κ1) is 19.7. The molecular formula is C18H22O8. The van der Waals surface area contributed by atoms with Gasteiger partial charge in [-0.1, -0.05) is 18.2 Å². The Morgan fingerprint density at radius 2 is 1.50 bits per heavy atom. The van der Waals surface area contributed by atoms with Crippen molar-refractivity contribution in [1.29, 1.82) is 0 Å². The van der Waals surface area contributed by atoms with E-state index in [1.165, 1.54) is 20.8 Å². The molecule has 1 saturated heterocycles. The highest BCUT2D eigenvalue weighted by atomic mass is 16.7. The van der Waals surface area contributed by atoms with Crippen molar-refractivity contribution in [2.75, 3.05) is 6.61 Å². The van der Waals surface area contributed by atoms with Crippen LogP contribution in [0.4, 0.5) is 0 Å². The van der Waals surface area contributed by atoms with Crippen molar-refractivity contribution in [3.05, 3.63) is 29.8 Å². The van der Waals surface area contributed by atoms with Crippen LogP contribution in [0.2, 0.25) is 0 Å². The Hall–Kier alpha value is -2.61. The SMILES string of the molecule is CC(=O)O[C@@H]1[C@@H](OC(C)=O)[C@H](Oc2ccccc2C)OC[C@H]1OC(C)=O. The molecule has 0 saturated carbocycles. The minimum Gasteiger partial charge on any atom is -0.460 e. The molecule has 4 atom stereocenters. The number of carbonyl (C=O) groups excluding carboxylic acids is 3. The van der Waals surface area contributed by atoms with Gasteiger partial charge in [-0.05, 0) is 18.6 Å². The molecule has 1 aromatic rings. The zero-order chi connectivity index (χ0) is 19.3. The van der Waals surface area contributed by atoms with Crippen molar-refractivity contribution < 1.29 is 38.1 Å². The van der Waals surface area contributed by atoms with E-state index in [0.29, 0.717) is 5.75 Å². The van der Waals surface area contributed by atoms with Gasteiger partial charge in [0, 0.05) is 20.8 Å². The lowest BCUT2D eigenvalue weighted by Gasteiger charge is -2.40. The lowest BCUT2D eigenvalue weighted by Crippen LogP contribution is -2.59. The molecular weight excluding hydrogens is 344 g/mol. The highest BCUT2D eigenvalue weighted by molar-refractivity contribution is 5.68. The van der Waals surface area contributed by atoms with Crippen LogP contribution in [0.15, 0.2) is 24.3 Å². The summed E-state index contributed by atoms with van der Waals surface area (Å²) in [5, 5.41) is 0. The second kappa shape index (κ2) is 8.66. The van der Waals surface area contributed by atoms with Gasteiger partial charge in [-0.3, -0.25) is 14.4 Å². The number of para-hydroxylation sites is 1. The maximum Gasteiger partial charge on any atom is 0.303 e. The van der Waals surface area contributed by atoms with E-state index in [4.69, 9.17) is 23.7 Å². The van der Waals surface area contributed by atoms with Gasteiger partial charge in [0.1, 0.15) is 5.75 Å². The molecule has 0 amide bonds. The van der Waals surface area contributed by atoms with Crippen LogP contribution in [0, 0.1) is 6.92 Å². The third kappa shape index (κ3) is 5.19. The Labute approximate surface area is 151 Å². The first-order valence-electron chi connectivity index (χ1n) is 8.13. The van der Waals surface area contributed by atoms with E-state index in [1.807, 2.05) is 19.1 Å². The first-order valence-corrected chi connectivity index (χ1v) is 8.13. The molecule has 1 aromatic carbocycles. The standard InChI is InChI=1S/C18H22O8/c1-10-7-5-6-8-14(10)26-18-17(25-13(4)21)16(24-12(3)20)15(9-22-18)23-11(2)19/h5-8,15-18H,9H2,1-4H3/t15-,16+,17-,18+/m1/s1. The molecule has 1 fully saturated rings. The van der Waals surface area contributed by atoms with Gasteiger partial charge in [0.15, 0.2) is 12.2 Å². The van der Waals surface area contributed by atoms with Gasteiger partial charge in [-0.15, -0.1) is 0 Å². The van der Waals surface area contributed by atoms with E-state index in [9.17, 15) is 14.4 Å². The summed E-state index contributed by atoms with van der Waals surface area (Å²) in [6.45, 7) is 5.42. The molecule has 2 rings (SSSR count). The Morgan fingerprint density at radius 1 is 0.923 bits per heavy atom. The number of benzene rings is 1. The number of hydrogen-bond acceptors (Lipinski definition) is 8. The average Bonchev–Trinajstić information content (AvgIpc) is 2.53. The van der Waals surface area contributed by atoms with Gasteiger partial charge >= 0.3 is 17.9 Å². The third-order valence-corrected chi connectivity index (χ3v) is 3.64. The largest absolute Gasteiger partial charge is 0.460 e. The van der Waals surface area contributed by atoms with Crippen LogP contribution in [0.3, 0.4) is 0 Å². The smallest absolute Gasteiger partial charge is 0.303 e. The van der Waals surface area contributed by atoms with Crippen LogP contribution in [0.5, 0.6) is 5.75 Å². The van der Waals surface area contributed by atoms with Crippen molar-refractivity contribution >= 4 is 17.9 Å². The molecule has 8 nitrogen and oxygen atoms in total. The van der Waals surface area contributed by atoms with E-state index in [-0.39, 0.29) is 6.61 Å². The van der Waals surface area contributed by atoms with Crippen LogP contribution in [-0.2, 0) is 33.3 Å². The Kier molecular flexibility index (Phi) is 6.57. The number of rotatable bonds is 5. The number of ether oxygens (including phenoxy) is 5. The highest BCUT2D eigenvalue weighted by Gasteiger charge is 2.48. The topological polar surface area (TPSA) is 97.4 Å². The summed E-state index contributed by atoms with van der Waals surface area (Å²) in [7, 11) is 0. The number of carbonyl (C=O) groups is 3. The monoisotopic (exact) mass is 366 g/mol. The molecule has 26 heavy (non-hydrogen) atoms. The average molecular weight is 366 g/mol. The second-order valence-electron chi connectivity index (χ2n) is 5.88. The van der Waals surface area contributed by atoms with Gasteiger partial charge in [0.2, 0.25) is 12.4 Å². The van der Waals surface area contributed by atoms with Crippen molar-refractivity contribution in [3.63, 3.8) is 0 Å². The van der Waals surface area contributed by atoms with E-state index >= 15 is 0 Å². The first-order chi connectivity index (χ1) is 12.3. The summed E-state index contributed by atoms with van der Waals surface area (Å²) in [6, 6.07) is 7.23. The van der Waals surface area contributed by atoms with Crippen LogP contribution >= 0.6 is 0 Å². The maximum absolute atomic E-state index is 11.6. The normalized spacial score (nSPS) is 25.1. The third-order valence-electron chi connectivity index (χ3n) is 3.64. The molecule has 1 aliphatic heterocycles. The van der Waals surface area contributed by atoms with Crippen LogP contribution < -0.4 is 4.74 Å². The molecule has 0 unspecified atom stereocenters. The van der Waals surface area contributed by atoms with E-state index in [2.05, 4.69) is 0 Å². The molecule has 8 heteroatoms. The highest BCUT2D eigenvalue weighted by Crippen LogP contribution is 2.28. The fourth-order valence-corrected chi connectivity index (χ4v) is 2.62. The predicted octanol–water partition coefficient (Wildman–Crippen LogP) is 1.53. The second-order valence-corrected chi connectivity index (χ2v) is 5.88. The molecule has 0 bridgehead atoms. The van der Waals surface area contributed by atoms with Gasteiger partial charge in [0.05, 0.1) is 6.61 Å². The van der Waals surface area contributed by atoms with Crippen LogP contribution in [-0.4, -0.2) is 49.1 Å². The van der Waals surface area contributed by atoms with Crippen LogP contribution in [0.25, 0.3) is 0 Å². The minimum atomic E-state index is -1.10. The molecule has 1 aliphatic rings. The summed E-state index contributed by atoms with van der Waals surface area (Å²) < 4.78 is 27.1. The van der Waals surface area contributed by atoms with Crippen LogP contribution in [0.1, 0.15) is 26.3 Å². The molecule has 142 valence electrons. The van der Waals surface area contributed by atoms with Crippen molar-refractivity contribution in [2.24, 2.45) is 0 Å². The fourth-order valence-electron chi connectivity index (χ4n) is 2.62. The summed E-state index contributed by atoms with van der Waals surface area (Å²) in [4.78, 5) is 34.4. The van der Waals surface area contributed by atoms with Crippen molar-refractivity contribution in [2.45, 2.75) is 52.3 Å². The van der Waals surface area contributed by atoms with E-state index in [0.717, 1.165) is 5.56 Å². The van der Waals surface area contributed by atoms with Crippen molar-refractivity contribution in [1.82, 2.24) is 0 Å². The minimum absolute atomic E-state index is 0.0775. The van der Waals surface area contributed by atoms with Gasteiger partial charge in [0.25, 0.3) is 0 Å². The number of hydrogen-bond donors (Lipinski definition) is 0. The lowest BCUT2D eigenvalue weighted by atomic mass is 10.0.